The van der Waals surface area contributed by atoms with E-state index in [1.54, 1.807) is 22.5 Å². The zero-order valence-corrected chi connectivity index (χ0v) is 15.1. The minimum atomic E-state index is -0.311. The van der Waals surface area contributed by atoms with E-state index < -0.39 is 0 Å². The van der Waals surface area contributed by atoms with Gasteiger partial charge in [0.2, 0.25) is 5.16 Å². The quantitative estimate of drug-likeness (QED) is 0.377. The second-order valence-electron chi connectivity index (χ2n) is 5.67. The van der Waals surface area contributed by atoms with Crippen molar-refractivity contribution in [3.05, 3.63) is 76.7 Å². The SMILES string of the molecule is Fc1ccc2nc(Cl)c(Cn3nnnc3SCc3ccccc3)cc2c1. The number of rotatable bonds is 5. The van der Waals surface area contributed by atoms with Gasteiger partial charge >= 0.3 is 0 Å². The van der Waals surface area contributed by atoms with E-state index in [0.29, 0.717) is 27.8 Å². The van der Waals surface area contributed by atoms with Gasteiger partial charge in [0, 0.05) is 16.7 Å². The maximum Gasteiger partial charge on any atom is 0.209 e. The zero-order chi connectivity index (χ0) is 17.9. The first-order valence-electron chi connectivity index (χ1n) is 7.86. The molecule has 0 fully saturated rings. The van der Waals surface area contributed by atoms with Gasteiger partial charge in [-0.1, -0.05) is 53.7 Å². The molecule has 4 aromatic rings. The van der Waals surface area contributed by atoms with Crippen LogP contribution in [0.15, 0.2) is 59.8 Å². The molecule has 5 nitrogen and oxygen atoms in total. The Bertz CT molecular complexity index is 1050. The number of tetrazole rings is 1. The van der Waals surface area contributed by atoms with Crippen molar-refractivity contribution in [3.8, 4) is 0 Å². The maximum absolute atomic E-state index is 13.5. The van der Waals surface area contributed by atoms with Gasteiger partial charge in [0.1, 0.15) is 11.0 Å². The first-order chi connectivity index (χ1) is 12.7. The highest BCUT2D eigenvalue weighted by Gasteiger charge is 2.12. The maximum atomic E-state index is 13.5. The Kier molecular flexibility index (Phi) is 4.81. The van der Waals surface area contributed by atoms with Crippen LogP contribution in [0.1, 0.15) is 11.1 Å². The summed E-state index contributed by atoms with van der Waals surface area (Å²) in [6.45, 7) is 0.364. The number of pyridine rings is 1. The smallest absolute Gasteiger partial charge is 0.209 e. The highest BCUT2D eigenvalue weighted by molar-refractivity contribution is 7.98. The minimum absolute atomic E-state index is 0.311. The Hall–Kier alpha value is -2.51. The lowest BCUT2D eigenvalue weighted by Crippen LogP contribution is -2.05. The molecule has 0 spiro atoms. The molecule has 2 aromatic carbocycles. The number of benzene rings is 2. The summed E-state index contributed by atoms with van der Waals surface area (Å²) in [5, 5.41) is 13.6. The molecule has 2 aromatic heterocycles. The van der Waals surface area contributed by atoms with E-state index >= 15 is 0 Å². The van der Waals surface area contributed by atoms with Crippen LogP contribution in [0.4, 0.5) is 4.39 Å². The molecule has 0 atom stereocenters. The van der Waals surface area contributed by atoms with E-state index in [1.807, 2.05) is 24.3 Å². The fourth-order valence-corrected chi connectivity index (χ4v) is 3.60. The van der Waals surface area contributed by atoms with Crippen LogP contribution in [0, 0.1) is 5.82 Å². The third-order valence-electron chi connectivity index (χ3n) is 3.83. The number of aromatic nitrogens is 5. The number of halogens is 2. The molecule has 8 heteroatoms. The van der Waals surface area contributed by atoms with Gasteiger partial charge in [-0.2, -0.15) is 0 Å². The van der Waals surface area contributed by atoms with Crippen molar-refractivity contribution in [3.63, 3.8) is 0 Å². The summed E-state index contributed by atoms with van der Waals surface area (Å²) in [5.41, 5.74) is 2.57. The topological polar surface area (TPSA) is 56.5 Å². The lowest BCUT2D eigenvalue weighted by Gasteiger charge is -2.08. The number of thioether (sulfide) groups is 1. The molecule has 26 heavy (non-hydrogen) atoms. The Labute approximate surface area is 158 Å². The van der Waals surface area contributed by atoms with Crippen LogP contribution in [0.5, 0.6) is 0 Å². The molecule has 0 amide bonds. The van der Waals surface area contributed by atoms with Crippen molar-refractivity contribution in [2.75, 3.05) is 0 Å². The summed E-state index contributed by atoms with van der Waals surface area (Å²) < 4.78 is 15.1. The molecule has 2 heterocycles. The molecule has 0 aliphatic heterocycles. The van der Waals surface area contributed by atoms with E-state index in [2.05, 4.69) is 32.6 Å². The lowest BCUT2D eigenvalue weighted by atomic mass is 10.1. The Balaban J connectivity index is 1.57. The van der Waals surface area contributed by atoms with Gasteiger partial charge in [0.05, 0.1) is 12.1 Å². The normalized spacial score (nSPS) is 11.2. The molecule has 0 bridgehead atoms. The molecular formula is C18H13ClFN5S. The summed E-state index contributed by atoms with van der Waals surface area (Å²) in [5.74, 6) is 0.449. The summed E-state index contributed by atoms with van der Waals surface area (Å²) >= 11 is 7.83. The highest BCUT2D eigenvalue weighted by Crippen LogP contribution is 2.24. The highest BCUT2D eigenvalue weighted by atomic mass is 35.5. The predicted octanol–water partition coefficient (Wildman–Crippen LogP) is 4.35. The minimum Gasteiger partial charge on any atom is -0.236 e. The van der Waals surface area contributed by atoms with Gasteiger partial charge < -0.3 is 0 Å². The first kappa shape index (κ1) is 16.9. The third-order valence-corrected chi connectivity index (χ3v) is 5.19. The number of hydrogen-bond acceptors (Lipinski definition) is 5. The van der Waals surface area contributed by atoms with Crippen LogP contribution in [0.2, 0.25) is 5.15 Å². The van der Waals surface area contributed by atoms with Crippen molar-refractivity contribution < 1.29 is 4.39 Å². The van der Waals surface area contributed by atoms with Gasteiger partial charge in [0.15, 0.2) is 0 Å². The molecule has 130 valence electrons. The second-order valence-corrected chi connectivity index (χ2v) is 6.97. The summed E-state index contributed by atoms with van der Waals surface area (Å²) in [6, 6.07) is 16.3. The monoisotopic (exact) mass is 385 g/mol. The fraction of sp³-hybridized carbons (Fsp3) is 0.111. The number of nitrogens with zero attached hydrogens (tertiary/aromatic N) is 5. The van der Waals surface area contributed by atoms with Gasteiger partial charge in [-0.15, -0.1) is 5.10 Å². The van der Waals surface area contributed by atoms with Crippen LogP contribution in [0.25, 0.3) is 10.9 Å². The van der Waals surface area contributed by atoms with E-state index in [1.165, 1.54) is 17.7 Å². The molecule has 0 N–H and O–H groups in total. The molecule has 0 saturated carbocycles. The molecule has 0 saturated heterocycles. The molecule has 0 aliphatic carbocycles. The lowest BCUT2D eigenvalue weighted by molar-refractivity contribution is 0.602. The van der Waals surface area contributed by atoms with Crippen molar-refractivity contribution in [2.45, 2.75) is 17.5 Å². The summed E-state index contributed by atoms with van der Waals surface area (Å²) in [7, 11) is 0. The Morgan fingerprint density at radius 1 is 1.08 bits per heavy atom. The van der Waals surface area contributed by atoms with Crippen LogP contribution in [-0.2, 0) is 12.3 Å². The average molecular weight is 386 g/mol. The standard InChI is InChI=1S/C18H13ClFN5S/c19-17-14(8-13-9-15(20)6-7-16(13)21-17)10-25-18(22-23-24-25)26-11-12-4-2-1-3-5-12/h1-9H,10-11H2. The Morgan fingerprint density at radius 3 is 2.77 bits per heavy atom. The largest absolute Gasteiger partial charge is 0.236 e. The molecule has 0 unspecified atom stereocenters. The molecule has 0 radical (unpaired) electrons. The van der Waals surface area contributed by atoms with Crippen molar-refractivity contribution in [1.29, 1.82) is 0 Å². The van der Waals surface area contributed by atoms with Crippen LogP contribution >= 0.6 is 23.4 Å². The van der Waals surface area contributed by atoms with Crippen molar-refractivity contribution in [1.82, 2.24) is 25.2 Å². The third kappa shape index (κ3) is 3.68. The van der Waals surface area contributed by atoms with Crippen LogP contribution < -0.4 is 0 Å². The number of hydrogen-bond donors (Lipinski definition) is 0. The summed E-state index contributed by atoms with van der Waals surface area (Å²) in [6.07, 6.45) is 0. The second kappa shape index (κ2) is 7.39. The van der Waals surface area contributed by atoms with E-state index in [0.717, 1.165) is 11.3 Å². The predicted molar refractivity (Wildman–Crippen MR) is 99.6 cm³/mol. The molecular weight excluding hydrogens is 373 g/mol. The van der Waals surface area contributed by atoms with Gasteiger partial charge in [0.25, 0.3) is 0 Å². The molecule has 4 rings (SSSR count). The van der Waals surface area contributed by atoms with Gasteiger partial charge in [-0.3, -0.25) is 0 Å². The first-order valence-corrected chi connectivity index (χ1v) is 9.23. The fourth-order valence-electron chi connectivity index (χ4n) is 2.56. The van der Waals surface area contributed by atoms with Crippen LogP contribution in [0.3, 0.4) is 0 Å². The van der Waals surface area contributed by atoms with E-state index in [-0.39, 0.29) is 5.82 Å². The summed E-state index contributed by atoms with van der Waals surface area (Å²) in [4.78, 5) is 4.33. The Morgan fingerprint density at radius 2 is 1.92 bits per heavy atom. The van der Waals surface area contributed by atoms with Crippen LogP contribution in [-0.4, -0.2) is 25.2 Å². The number of fused-ring (bicyclic) bond motifs is 1. The van der Waals surface area contributed by atoms with Gasteiger partial charge in [-0.25, -0.2) is 14.1 Å². The van der Waals surface area contributed by atoms with Crippen molar-refractivity contribution >= 4 is 34.3 Å². The van der Waals surface area contributed by atoms with Crippen molar-refractivity contribution in [2.24, 2.45) is 0 Å². The van der Waals surface area contributed by atoms with E-state index in [4.69, 9.17) is 11.6 Å². The molecule has 0 aliphatic rings. The average Bonchev–Trinajstić information content (AvgIpc) is 3.09. The van der Waals surface area contributed by atoms with E-state index in [9.17, 15) is 4.39 Å². The zero-order valence-electron chi connectivity index (χ0n) is 13.5. The van der Waals surface area contributed by atoms with Gasteiger partial charge in [-0.05, 0) is 40.3 Å².